The van der Waals surface area contributed by atoms with Gasteiger partial charge < -0.3 is 11.1 Å². The lowest BCUT2D eigenvalue weighted by atomic mass is 10.0. The number of nitrogens with one attached hydrogen (secondary N) is 1. The minimum Gasteiger partial charge on any atom is -0.353 e. The Morgan fingerprint density at radius 3 is 2.00 bits per heavy atom. The molecule has 3 N–H and O–H groups in total. The first-order chi connectivity index (χ1) is 7.10. The number of amides is 1. The molecule has 0 bridgehead atoms. The monoisotopic (exact) mass is 226 g/mol. The maximum absolute atomic E-state index is 12.1. The van der Waals surface area contributed by atoms with E-state index in [2.05, 4.69) is 33.0 Å². The zero-order chi connectivity index (χ0) is 12.7. The first kappa shape index (κ1) is 13.5. The molecule has 0 radical (unpaired) electrons. The Hall–Kier alpha value is -0.570. The predicted octanol–water partition coefficient (Wildman–Crippen LogP) is 1.91. The van der Waals surface area contributed by atoms with Crippen LogP contribution in [0.5, 0.6) is 0 Å². The Morgan fingerprint density at radius 2 is 1.69 bits per heavy atom. The van der Waals surface area contributed by atoms with Crippen LogP contribution in [-0.4, -0.2) is 18.0 Å². The van der Waals surface area contributed by atoms with E-state index in [0.29, 0.717) is 0 Å². The van der Waals surface area contributed by atoms with Crippen LogP contribution in [0.3, 0.4) is 0 Å². The fraction of sp³-hybridized carbons (Fsp3) is 0.923. The van der Waals surface area contributed by atoms with Gasteiger partial charge >= 0.3 is 0 Å². The summed E-state index contributed by atoms with van der Waals surface area (Å²) < 4.78 is 0. The van der Waals surface area contributed by atoms with Crippen molar-refractivity contribution in [1.29, 1.82) is 0 Å². The van der Waals surface area contributed by atoms with E-state index in [0.717, 1.165) is 6.42 Å². The van der Waals surface area contributed by atoms with Gasteiger partial charge in [0.15, 0.2) is 0 Å². The summed E-state index contributed by atoms with van der Waals surface area (Å²) >= 11 is 0. The van der Waals surface area contributed by atoms with Crippen LogP contribution in [0.1, 0.15) is 48.0 Å². The number of hydrogen-bond donors (Lipinski definition) is 2. The van der Waals surface area contributed by atoms with Crippen LogP contribution >= 0.6 is 0 Å². The van der Waals surface area contributed by atoms with Gasteiger partial charge in [-0.1, -0.05) is 27.7 Å². The van der Waals surface area contributed by atoms with Crippen molar-refractivity contribution in [3.63, 3.8) is 0 Å². The topological polar surface area (TPSA) is 55.1 Å². The van der Waals surface area contributed by atoms with Crippen molar-refractivity contribution >= 4 is 5.91 Å². The highest BCUT2D eigenvalue weighted by Gasteiger charge is 2.68. The van der Waals surface area contributed by atoms with Crippen LogP contribution in [0.2, 0.25) is 0 Å². The van der Waals surface area contributed by atoms with Gasteiger partial charge in [0.2, 0.25) is 5.91 Å². The van der Waals surface area contributed by atoms with Crippen molar-refractivity contribution in [2.75, 3.05) is 0 Å². The lowest BCUT2D eigenvalue weighted by Crippen LogP contribution is -2.38. The summed E-state index contributed by atoms with van der Waals surface area (Å²) in [6, 6.07) is 0.301. The molecule has 1 fully saturated rings. The highest BCUT2D eigenvalue weighted by Crippen LogP contribution is 2.68. The van der Waals surface area contributed by atoms with Gasteiger partial charge in [0, 0.05) is 18.0 Å². The van der Waals surface area contributed by atoms with Crippen molar-refractivity contribution in [2.24, 2.45) is 22.5 Å². The van der Waals surface area contributed by atoms with Crippen LogP contribution in [0.15, 0.2) is 0 Å². The van der Waals surface area contributed by atoms with Gasteiger partial charge in [0.25, 0.3) is 0 Å². The molecule has 1 aliphatic carbocycles. The molecule has 1 amide bonds. The van der Waals surface area contributed by atoms with E-state index in [-0.39, 0.29) is 34.7 Å². The van der Waals surface area contributed by atoms with Gasteiger partial charge in [0.1, 0.15) is 0 Å². The quantitative estimate of drug-likeness (QED) is 0.769. The molecule has 94 valence electrons. The van der Waals surface area contributed by atoms with Gasteiger partial charge in [-0.3, -0.25) is 4.79 Å². The number of rotatable bonds is 4. The van der Waals surface area contributed by atoms with Crippen molar-refractivity contribution < 1.29 is 4.79 Å². The zero-order valence-electron chi connectivity index (χ0n) is 11.4. The maximum atomic E-state index is 12.1. The molecular formula is C13H26N2O. The second-order valence-corrected chi connectivity index (χ2v) is 6.50. The van der Waals surface area contributed by atoms with Gasteiger partial charge in [-0.05, 0) is 31.1 Å². The summed E-state index contributed by atoms with van der Waals surface area (Å²) in [6.07, 6.45) is 0.833. The molecule has 0 aliphatic heterocycles. The third kappa shape index (κ3) is 2.24. The Morgan fingerprint density at radius 1 is 1.25 bits per heavy atom. The summed E-state index contributed by atoms with van der Waals surface area (Å²) in [5.74, 6) is 0.318. The van der Waals surface area contributed by atoms with E-state index in [9.17, 15) is 4.79 Å². The molecule has 0 aromatic carbocycles. The molecule has 0 heterocycles. The van der Waals surface area contributed by atoms with E-state index < -0.39 is 0 Å². The van der Waals surface area contributed by atoms with Crippen LogP contribution in [0, 0.1) is 16.7 Å². The third-order valence-electron chi connectivity index (χ3n) is 4.40. The van der Waals surface area contributed by atoms with Gasteiger partial charge in [-0.25, -0.2) is 0 Å². The summed E-state index contributed by atoms with van der Waals surface area (Å²) in [6.45, 7) is 12.6. The van der Waals surface area contributed by atoms with Crippen LogP contribution in [-0.2, 0) is 4.79 Å². The third-order valence-corrected chi connectivity index (χ3v) is 4.40. The van der Waals surface area contributed by atoms with Gasteiger partial charge in [0.05, 0.1) is 0 Å². The lowest BCUT2D eigenvalue weighted by Gasteiger charge is -2.16. The Bertz CT molecular complexity index is 268. The Balaban J connectivity index is 2.50. The second kappa shape index (κ2) is 4.02. The van der Waals surface area contributed by atoms with E-state index >= 15 is 0 Å². The summed E-state index contributed by atoms with van der Waals surface area (Å²) in [7, 11) is 0. The molecule has 2 atom stereocenters. The molecule has 1 aliphatic rings. The minimum absolute atomic E-state index is 0.116. The minimum atomic E-state index is 0.116. The van der Waals surface area contributed by atoms with E-state index in [1.807, 2.05) is 13.8 Å². The molecular weight excluding hydrogens is 200 g/mol. The number of nitrogens with two attached hydrogens (primary N) is 1. The van der Waals surface area contributed by atoms with Gasteiger partial charge in [-0.2, -0.15) is 0 Å². The molecule has 0 aromatic heterocycles. The number of hydrogen-bond acceptors (Lipinski definition) is 2. The van der Waals surface area contributed by atoms with Crippen LogP contribution in [0.4, 0.5) is 0 Å². The SMILES string of the molecule is CC(N)CC(C)NC(=O)C1C(C)(C)C1(C)C. The van der Waals surface area contributed by atoms with Crippen LogP contribution < -0.4 is 11.1 Å². The average molecular weight is 226 g/mol. The largest absolute Gasteiger partial charge is 0.353 e. The molecule has 1 saturated carbocycles. The first-order valence-electron chi connectivity index (χ1n) is 6.16. The molecule has 1 rings (SSSR count). The Labute approximate surface area is 99.2 Å². The molecule has 2 unspecified atom stereocenters. The summed E-state index contributed by atoms with van der Waals surface area (Å²) in [4.78, 5) is 12.1. The molecule has 0 saturated heterocycles. The second-order valence-electron chi connectivity index (χ2n) is 6.50. The fourth-order valence-corrected chi connectivity index (χ4v) is 2.79. The van der Waals surface area contributed by atoms with Crippen molar-refractivity contribution in [1.82, 2.24) is 5.32 Å². The highest BCUT2D eigenvalue weighted by molar-refractivity contribution is 5.84. The van der Waals surface area contributed by atoms with E-state index in [1.54, 1.807) is 0 Å². The standard InChI is InChI=1S/C13H26N2O/c1-8(14)7-9(2)15-11(16)10-12(3,4)13(10,5)6/h8-10H,7,14H2,1-6H3,(H,15,16). The number of carbonyl (C=O) groups excluding carboxylic acids is 1. The molecule has 3 heteroatoms. The number of carbonyl (C=O) groups is 1. The Kier molecular flexibility index (Phi) is 3.39. The van der Waals surface area contributed by atoms with E-state index in [4.69, 9.17) is 5.73 Å². The maximum Gasteiger partial charge on any atom is 0.224 e. The molecule has 16 heavy (non-hydrogen) atoms. The molecule has 3 nitrogen and oxygen atoms in total. The zero-order valence-corrected chi connectivity index (χ0v) is 11.4. The molecule has 0 aromatic rings. The molecule has 0 spiro atoms. The lowest BCUT2D eigenvalue weighted by molar-refractivity contribution is -0.124. The normalized spacial score (nSPS) is 25.9. The predicted molar refractivity (Wildman–Crippen MR) is 66.9 cm³/mol. The smallest absolute Gasteiger partial charge is 0.224 e. The van der Waals surface area contributed by atoms with Crippen molar-refractivity contribution in [3.05, 3.63) is 0 Å². The van der Waals surface area contributed by atoms with E-state index in [1.165, 1.54) is 0 Å². The summed E-state index contributed by atoms with van der Waals surface area (Å²) in [5, 5.41) is 3.07. The van der Waals surface area contributed by atoms with Crippen molar-refractivity contribution in [2.45, 2.75) is 60.0 Å². The van der Waals surface area contributed by atoms with Gasteiger partial charge in [-0.15, -0.1) is 0 Å². The fourth-order valence-electron chi connectivity index (χ4n) is 2.79. The van der Waals surface area contributed by atoms with Crippen LogP contribution in [0.25, 0.3) is 0 Å². The highest BCUT2D eigenvalue weighted by atomic mass is 16.2. The van der Waals surface area contributed by atoms with Crippen molar-refractivity contribution in [3.8, 4) is 0 Å². The summed E-state index contributed by atoms with van der Waals surface area (Å²) in [5.41, 5.74) is 5.95. The average Bonchev–Trinajstić information content (AvgIpc) is 2.39. The first-order valence-corrected chi connectivity index (χ1v) is 6.16.